The molecule has 0 fully saturated rings. The molecule has 0 saturated heterocycles. The van der Waals surface area contributed by atoms with Gasteiger partial charge in [0.05, 0.1) is 17.5 Å². The first-order chi connectivity index (χ1) is 10.6. The van der Waals surface area contributed by atoms with Gasteiger partial charge in [-0.15, -0.1) is 11.3 Å². The highest BCUT2D eigenvalue weighted by molar-refractivity contribution is 7.13. The van der Waals surface area contributed by atoms with Gasteiger partial charge >= 0.3 is 0 Å². The predicted octanol–water partition coefficient (Wildman–Crippen LogP) is 2.22. The van der Waals surface area contributed by atoms with Crippen LogP contribution in [0.15, 0.2) is 42.0 Å². The molecule has 0 saturated carbocycles. The van der Waals surface area contributed by atoms with Gasteiger partial charge in [-0.25, -0.2) is 4.98 Å². The minimum Gasteiger partial charge on any atom is -0.486 e. The Kier molecular flexibility index (Phi) is 3.88. The van der Waals surface area contributed by atoms with Crippen molar-refractivity contribution in [3.05, 3.63) is 53.3 Å². The zero-order valence-electron chi connectivity index (χ0n) is 11.9. The second-order valence-corrected chi connectivity index (χ2v) is 5.55. The van der Waals surface area contributed by atoms with E-state index in [1.165, 1.54) is 11.3 Å². The summed E-state index contributed by atoms with van der Waals surface area (Å²) in [6.45, 7) is 0.279. The molecule has 0 bridgehead atoms. The van der Waals surface area contributed by atoms with Gasteiger partial charge in [-0.3, -0.25) is 9.48 Å². The molecule has 2 heterocycles. The molecule has 0 aliphatic heterocycles. The van der Waals surface area contributed by atoms with Crippen molar-refractivity contribution in [2.75, 3.05) is 0 Å². The van der Waals surface area contributed by atoms with Crippen molar-refractivity contribution in [1.82, 2.24) is 14.8 Å². The Labute approximate surface area is 131 Å². The number of primary amides is 1. The zero-order chi connectivity index (χ0) is 15.5. The van der Waals surface area contributed by atoms with E-state index in [-0.39, 0.29) is 6.61 Å². The average Bonchev–Trinajstić information content (AvgIpc) is 3.14. The second-order valence-electron chi connectivity index (χ2n) is 4.70. The molecule has 112 valence electrons. The van der Waals surface area contributed by atoms with E-state index < -0.39 is 5.91 Å². The lowest BCUT2D eigenvalue weighted by Gasteiger charge is -2.07. The van der Waals surface area contributed by atoms with Gasteiger partial charge in [-0.2, -0.15) is 5.10 Å². The van der Waals surface area contributed by atoms with E-state index in [9.17, 15) is 4.79 Å². The molecule has 0 atom stereocenters. The number of thiazole rings is 1. The smallest absolute Gasteiger partial charge is 0.252 e. The lowest BCUT2D eigenvalue weighted by molar-refractivity contribution is 0.0996. The molecule has 2 aromatic heterocycles. The number of carbonyl (C=O) groups excluding carboxylic acids is 1. The molecule has 0 radical (unpaired) electrons. The Morgan fingerprint density at radius 3 is 2.95 bits per heavy atom. The minimum absolute atomic E-state index is 0.279. The molecule has 1 amide bonds. The Morgan fingerprint density at radius 1 is 1.41 bits per heavy atom. The van der Waals surface area contributed by atoms with Gasteiger partial charge in [0.2, 0.25) is 0 Å². The van der Waals surface area contributed by atoms with Crippen LogP contribution in [0.2, 0.25) is 0 Å². The Hall–Kier alpha value is -2.67. The quantitative estimate of drug-likeness (QED) is 0.782. The van der Waals surface area contributed by atoms with Gasteiger partial charge in [0.1, 0.15) is 17.4 Å². The van der Waals surface area contributed by atoms with Gasteiger partial charge in [0, 0.05) is 24.2 Å². The first-order valence-electron chi connectivity index (χ1n) is 6.58. The third kappa shape index (κ3) is 2.99. The summed E-state index contributed by atoms with van der Waals surface area (Å²) < 4.78 is 7.39. The summed E-state index contributed by atoms with van der Waals surface area (Å²) in [6, 6.07) is 6.90. The number of nitrogens with two attached hydrogens (primary N) is 1. The summed E-state index contributed by atoms with van der Waals surface area (Å²) in [4.78, 5) is 15.9. The number of carbonyl (C=O) groups is 1. The average molecular weight is 314 g/mol. The van der Waals surface area contributed by atoms with Crippen molar-refractivity contribution in [3.63, 3.8) is 0 Å². The van der Waals surface area contributed by atoms with E-state index in [4.69, 9.17) is 10.5 Å². The highest BCUT2D eigenvalue weighted by Crippen LogP contribution is 2.24. The molecule has 2 N–H and O–H groups in total. The molecular formula is C15H14N4O2S. The SMILES string of the molecule is Cn1cc(-c2nc(COc3ccccc3C(N)=O)cs2)cn1. The van der Waals surface area contributed by atoms with E-state index in [1.54, 1.807) is 35.1 Å². The van der Waals surface area contributed by atoms with Crippen molar-refractivity contribution in [2.45, 2.75) is 6.61 Å². The van der Waals surface area contributed by atoms with Gasteiger partial charge in [-0.1, -0.05) is 12.1 Å². The molecule has 3 aromatic rings. The Morgan fingerprint density at radius 2 is 2.23 bits per heavy atom. The Balaban J connectivity index is 1.73. The standard InChI is InChI=1S/C15H14N4O2S/c1-19-7-10(6-17-19)15-18-11(9-22-15)8-21-13-5-3-2-4-12(13)14(16)20/h2-7,9H,8H2,1H3,(H2,16,20). The molecule has 3 rings (SSSR count). The van der Waals surface area contributed by atoms with Crippen LogP contribution in [-0.4, -0.2) is 20.7 Å². The lowest BCUT2D eigenvalue weighted by atomic mass is 10.2. The number of aromatic nitrogens is 3. The van der Waals surface area contributed by atoms with Crippen LogP contribution in [0.3, 0.4) is 0 Å². The molecule has 0 aliphatic rings. The lowest BCUT2D eigenvalue weighted by Crippen LogP contribution is -2.12. The Bertz CT molecular complexity index is 809. The molecule has 0 unspecified atom stereocenters. The highest BCUT2D eigenvalue weighted by atomic mass is 32.1. The number of hydrogen-bond acceptors (Lipinski definition) is 5. The summed E-state index contributed by atoms with van der Waals surface area (Å²) in [7, 11) is 1.86. The fourth-order valence-electron chi connectivity index (χ4n) is 1.99. The third-order valence-corrected chi connectivity index (χ3v) is 3.97. The van der Waals surface area contributed by atoms with Crippen LogP contribution in [0.25, 0.3) is 10.6 Å². The maximum Gasteiger partial charge on any atom is 0.252 e. The van der Waals surface area contributed by atoms with Gasteiger partial charge in [0.25, 0.3) is 5.91 Å². The second kappa shape index (κ2) is 5.98. The molecular weight excluding hydrogens is 300 g/mol. The van der Waals surface area contributed by atoms with Crippen LogP contribution >= 0.6 is 11.3 Å². The van der Waals surface area contributed by atoms with E-state index in [2.05, 4.69) is 10.1 Å². The monoisotopic (exact) mass is 314 g/mol. The van der Waals surface area contributed by atoms with Crippen LogP contribution in [0.4, 0.5) is 0 Å². The number of rotatable bonds is 5. The molecule has 7 heteroatoms. The third-order valence-electron chi connectivity index (χ3n) is 3.03. The summed E-state index contributed by atoms with van der Waals surface area (Å²) in [5.74, 6) is -0.0455. The molecule has 0 aliphatic carbocycles. The van der Waals surface area contributed by atoms with Gasteiger partial charge in [-0.05, 0) is 12.1 Å². The van der Waals surface area contributed by atoms with E-state index in [1.807, 2.05) is 18.6 Å². The number of benzene rings is 1. The van der Waals surface area contributed by atoms with E-state index in [0.717, 1.165) is 16.3 Å². The highest BCUT2D eigenvalue weighted by Gasteiger charge is 2.10. The zero-order valence-corrected chi connectivity index (χ0v) is 12.7. The predicted molar refractivity (Wildman–Crippen MR) is 83.6 cm³/mol. The van der Waals surface area contributed by atoms with E-state index in [0.29, 0.717) is 11.3 Å². The summed E-state index contributed by atoms with van der Waals surface area (Å²) >= 11 is 1.53. The fourth-order valence-corrected chi connectivity index (χ4v) is 2.77. The molecule has 6 nitrogen and oxygen atoms in total. The topological polar surface area (TPSA) is 83.0 Å². The number of nitrogens with zero attached hydrogens (tertiary/aromatic N) is 3. The number of hydrogen-bond donors (Lipinski definition) is 1. The van der Waals surface area contributed by atoms with Crippen molar-refractivity contribution in [1.29, 1.82) is 0 Å². The summed E-state index contributed by atoms with van der Waals surface area (Å²) in [6.07, 6.45) is 3.68. The number of para-hydroxylation sites is 1. The van der Waals surface area contributed by atoms with Crippen molar-refractivity contribution < 1.29 is 9.53 Å². The van der Waals surface area contributed by atoms with Gasteiger partial charge in [0.15, 0.2) is 0 Å². The maximum absolute atomic E-state index is 11.3. The maximum atomic E-state index is 11.3. The summed E-state index contributed by atoms with van der Waals surface area (Å²) in [5.41, 5.74) is 7.45. The first-order valence-corrected chi connectivity index (χ1v) is 7.46. The number of ether oxygens (including phenoxy) is 1. The largest absolute Gasteiger partial charge is 0.486 e. The van der Waals surface area contributed by atoms with Crippen LogP contribution in [-0.2, 0) is 13.7 Å². The van der Waals surface area contributed by atoms with Crippen LogP contribution in [0, 0.1) is 0 Å². The fraction of sp³-hybridized carbons (Fsp3) is 0.133. The van der Waals surface area contributed by atoms with Crippen molar-refractivity contribution in [3.8, 4) is 16.3 Å². The molecule has 22 heavy (non-hydrogen) atoms. The summed E-state index contributed by atoms with van der Waals surface area (Å²) in [5, 5.41) is 6.94. The van der Waals surface area contributed by atoms with Crippen LogP contribution < -0.4 is 10.5 Å². The van der Waals surface area contributed by atoms with Crippen LogP contribution in [0.5, 0.6) is 5.75 Å². The first kappa shape index (κ1) is 14.3. The minimum atomic E-state index is -0.509. The van der Waals surface area contributed by atoms with E-state index >= 15 is 0 Å². The number of amides is 1. The molecule has 1 aromatic carbocycles. The van der Waals surface area contributed by atoms with Crippen molar-refractivity contribution in [2.24, 2.45) is 12.8 Å². The van der Waals surface area contributed by atoms with Crippen LogP contribution in [0.1, 0.15) is 16.1 Å². The van der Waals surface area contributed by atoms with Crippen molar-refractivity contribution >= 4 is 17.2 Å². The molecule has 0 spiro atoms. The van der Waals surface area contributed by atoms with Gasteiger partial charge < -0.3 is 10.5 Å². The normalized spacial score (nSPS) is 10.6. The number of aryl methyl sites for hydroxylation is 1.